The smallest absolute Gasteiger partial charge is 0.404 e. The lowest BCUT2D eigenvalue weighted by atomic mass is 9.57. The molecule has 8 nitrogen and oxygen atoms in total. The molecule has 32 heavy (non-hydrogen) atoms. The van der Waals surface area contributed by atoms with Crippen LogP contribution in [0.4, 0.5) is 18.9 Å². The van der Waals surface area contributed by atoms with Gasteiger partial charge in [0.25, 0.3) is 5.91 Å². The highest BCUT2D eigenvalue weighted by Gasteiger charge is 2.54. The molecule has 1 aliphatic heterocycles. The molecular weight excluding hydrogens is 447 g/mol. The van der Waals surface area contributed by atoms with Crippen molar-refractivity contribution >= 4 is 33.7 Å². The summed E-state index contributed by atoms with van der Waals surface area (Å²) in [6.45, 7) is 1.32. The van der Waals surface area contributed by atoms with E-state index in [9.17, 15) is 22.8 Å². The van der Waals surface area contributed by atoms with Crippen LogP contribution in [-0.4, -0.2) is 50.8 Å². The number of likely N-dealkylation sites (tertiary alicyclic amines) is 1. The Morgan fingerprint density at radius 3 is 2.78 bits per heavy atom. The minimum absolute atomic E-state index is 0.0253. The zero-order valence-electron chi connectivity index (χ0n) is 16.6. The van der Waals surface area contributed by atoms with Crippen molar-refractivity contribution in [1.29, 1.82) is 0 Å². The van der Waals surface area contributed by atoms with Gasteiger partial charge in [0.05, 0.1) is 29.8 Å². The summed E-state index contributed by atoms with van der Waals surface area (Å²) in [6.07, 6.45) is 2.71. The van der Waals surface area contributed by atoms with Crippen LogP contribution in [0.2, 0.25) is 0 Å². The second-order valence-corrected chi connectivity index (χ2v) is 9.25. The number of alkyl halides is 3. The quantitative estimate of drug-likeness (QED) is 0.623. The first-order valence-electron chi connectivity index (χ1n) is 9.90. The van der Waals surface area contributed by atoms with E-state index in [4.69, 9.17) is 0 Å². The highest BCUT2D eigenvalue weighted by molar-refractivity contribution is 7.15. The molecule has 0 radical (unpaired) electrons. The number of anilines is 1. The molecule has 2 amide bonds. The van der Waals surface area contributed by atoms with Crippen molar-refractivity contribution in [3.05, 3.63) is 41.8 Å². The van der Waals surface area contributed by atoms with Gasteiger partial charge in [-0.3, -0.25) is 14.6 Å². The molecule has 3 aromatic rings. The van der Waals surface area contributed by atoms with Crippen LogP contribution in [0.1, 0.15) is 29.6 Å². The van der Waals surface area contributed by atoms with Crippen molar-refractivity contribution < 1.29 is 27.5 Å². The summed E-state index contributed by atoms with van der Waals surface area (Å²) in [5, 5.41) is 8.63. The molecule has 0 atom stereocenters. The lowest BCUT2D eigenvalue weighted by molar-refractivity contribution is -0.274. The number of hydrogen-bond donors (Lipinski definition) is 1. The van der Waals surface area contributed by atoms with Crippen molar-refractivity contribution in [2.45, 2.75) is 25.6 Å². The van der Waals surface area contributed by atoms with Crippen LogP contribution in [0, 0.1) is 11.3 Å². The van der Waals surface area contributed by atoms with Crippen molar-refractivity contribution in [2.75, 3.05) is 18.4 Å². The lowest BCUT2D eigenvalue weighted by Gasteiger charge is -2.59. The maximum atomic E-state index is 12.7. The Hall–Kier alpha value is -3.15. The highest BCUT2D eigenvalue weighted by atomic mass is 32.1. The summed E-state index contributed by atoms with van der Waals surface area (Å²) in [5.74, 6) is -0.629. The molecular formula is C20H18F3N5O3S. The van der Waals surface area contributed by atoms with Crippen LogP contribution in [0.15, 0.2) is 36.2 Å². The summed E-state index contributed by atoms with van der Waals surface area (Å²) in [6, 6.07) is 1.08. The van der Waals surface area contributed by atoms with Gasteiger partial charge in [-0.05, 0) is 18.8 Å². The Morgan fingerprint density at radius 2 is 2.03 bits per heavy atom. The molecule has 1 saturated heterocycles. The van der Waals surface area contributed by atoms with E-state index >= 15 is 0 Å². The highest BCUT2D eigenvalue weighted by Crippen LogP contribution is 2.53. The van der Waals surface area contributed by atoms with E-state index in [1.54, 1.807) is 10.7 Å². The first-order chi connectivity index (χ1) is 15.2. The van der Waals surface area contributed by atoms with Gasteiger partial charge in [-0.25, -0.2) is 4.52 Å². The molecule has 0 bridgehead atoms. The fourth-order valence-corrected chi connectivity index (χ4v) is 5.46. The van der Waals surface area contributed by atoms with Gasteiger partial charge in [0, 0.05) is 42.6 Å². The summed E-state index contributed by atoms with van der Waals surface area (Å²) in [4.78, 5) is 31.3. The Balaban J connectivity index is 1.09. The van der Waals surface area contributed by atoms with Crippen LogP contribution in [-0.2, 0) is 4.79 Å². The number of carbonyl (C=O) groups is 2. The summed E-state index contributed by atoms with van der Waals surface area (Å²) >= 11 is 1.47. The zero-order valence-corrected chi connectivity index (χ0v) is 17.4. The minimum Gasteiger partial charge on any atom is -0.404 e. The van der Waals surface area contributed by atoms with Crippen molar-refractivity contribution in [3.63, 3.8) is 0 Å². The van der Waals surface area contributed by atoms with Gasteiger partial charge in [0.2, 0.25) is 5.91 Å². The number of fused-ring (bicyclic) bond motifs is 1. The molecule has 1 spiro atoms. The van der Waals surface area contributed by atoms with E-state index in [-0.39, 0.29) is 35.3 Å². The predicted molar refractivity (Wildman–Crippen MR) is 108 cm³/mol. The molecule has 1 saturated carbocycles. The number of nitrogens with zero attached hydrogens (tertiary/aromatic N) is 4. The monoisotopic (exact) mass is 465 g/mol. The predicted octanol–water partition coefficient (Wildman–Crippen LogP) is 3.57. The van der Waals surface area contributed by atoms with Gasteiger partial charge in [0.15, 0.2) is 0 Å². The Morgan fingerprint density at radius 1 is 1.25 bits per heavy atom. The molecule has 4 heterocycles. The maximum Gasteiger partial charge on any atom is 0.573 e. The number of pyridine rings is 1. The van der Waals surface area contributed by atoms with Crippen LogP contribution in [0.25, 0.3) is 4.83 Å². The average Bonchev–Trinajstić information content (AvgIpc) is 3.24. The van der Waals surface area contributed by atoms with Crippen LogP contribution in [0.5, 0.6) is 5.75 Å². The summed E-state index contributed by atoms with van der Waals surface area (Å²) in [5.41, 5.74) is 0.812. The summed E-state index contributed by atoms with van der Waals surface area (Å²) in [7, 11) is 0. The second-order valence-electron chi connectivity index (χ2n) is 8.36. The third-order valence-electron chi connectivity index (χ3n) is 5.85. The van der Waals surface area contributed by atoms with Crippen molar-refractivity contribution in [3.8, 4) is 5.75 Å². The van der Waals surface area contributed by atoms with Gasteiger partial charge in [-0.1, -0.05) is 0 Å². The lowest BCUT2D eigenvalue weighted by Crippen LogP contribution is -2.63. The van der Waals surface area contributed by atoms with Crippen LogP contribution >= 0.6 is 11.3 Å². The molecule has 5 rings (SSSR count). The summed E-state index contributed by atoms with van der Waals surface area (Å²) < 4.78 is 42.5. The standard InChI is InChI=1S/C20H18F3N5O3S/c21-20(22,23)31-14-4-13(7-24-8-14)26-16(29)3-12-5-19(6-12)10-27(11-19)17(30)15-9-25-28-1-2-32-18(15)28/h1-2,4,7-9,12H,3,5-6,10-11H2,(H,26,29). The number of carbonyl (C=O) groups excluding carboxylic acids is 2. The molecule has 2 aliphatic rings. The molecule has 3 aromatic heterocycles. The number of ether oxygens (including phenoxy) is 1. The third kappa shape index (κ3) is 4.01. The zero-order chi connectivity index (χ0) is 22.5. The minimum atomic E-state index is -4.82. The molecule has 1 aliphatic carbocycles. The fraction of sp³-hybridized carbons (Fsp3) is 0.400. The number of hydrogen-bond acceptors (Lipinski definition) is 6. The number of halogens is 3. The molecule has 1 N–H and O–H groups in total. The van der Waals surface area contributed by atoms with Gasteiger partial charge in [0.1, 0.15) is 10.6 Å². The van der Waals surface area contributed by atoms with E-state index in [1.807, 2.05) is 16.5 Å². The number of nitrogens with one attached hydrogen (secondary N) is 1. The number of thiazole rings is 1. The van der Waals surface area contributed by atoms with E-state index in [0.29, 0.717) is 18.7 Å². The number of aromatic nitrogens is 3. The van der Waals surface area contributed by atoms with E-state index in [0.717, 1.165) is 29.9 Å². The van der Waals surface area contributed by atoms with Crippen molar-refractivity contribution in [1.82, 2.24) is 19.5 Å². The topological polar surface area (TPSA) is 88.8 Å². The number of amides is 2. The normalized spacial score (nSPS) is 17.8. The second kappa shape index (κ2) is 7.47. The Labute approximate surface area is 184 Å². The largest absolute Gasteiger partial charge is 0.573 e. The van der Waals surface area contributed by atoms with Crippen LogP contribution < -0.4 is 10.1 Å². The number of rotatable bonds is 5. The maximum absolute atomic E-state index is 12.7. The molecule has 12 heteroatoms. The van der Waals surface area contributed by atoms with Crippen molar-refractivity contribution in [2.24, 2.45) is 11.3 Å². The van der Waals surface area contributed by atoms with Gasteiger partial charge < -0.3 is 15.0 Å². The SMILES string of the molecule is O=C(CC1CC2(C1)CN(C(=O)c1cnn3ccsc13)C2)Nc1cncc(OC(F)(F)F)c1. The Bertz CT molecular complexity index is 1180. The molecule has 168 valence electrons. The fourth-order valence-electron chi connectivity index (χ4n) is 4.67. The molecule has 0 aromatic carbocycles. The Kier molecular flexibility index (Phi) is 4.84. The first-order valence-corrected chi connectivity index (χ1v) is 10.8. The van der Waals surface area contributed by atoms with Gasteiger partial charge in [-0.2, -0.15) is 5.10 Å². The van der Waals surface area contributed by atoms with Crippen LogP contribution in [0.3, 0.4) is 0 Å². The average molecular weight is 465 g/mol. The van der Waals surface area contributed by atoms with Gasteiger partial charge in [-0.15, -0.1) is 24.5 Å². The van der Waals surface area contributed by atoms with E-state index in [2.05, 4.69) is 20.1 Å². The van der Waals surface area contributed by atoms with Gasteiger partial charge >= 0.3 is 6.36 Å². The first kappa shape index (κ1) is 20.7. The van der Waals surface area contributed by atoms with E-state index in [1.165, 1.54) is 17.5 Å². The molecule has 2 fully saturated rings. The third-order valence-corrected chi connectivity index (χ3v) is 6.74. The van der Waals surface area contributed by atoms with E-state index < -0.39 is 12.1 Å². The molecule has 0 unspecified atom stereocenters.